The summed E-state index contributed by atoms with van der Waals surface area (Å²) >= 11 is 8.06. The molecule has 164 valence electrons. The van der Waals surface area contributed by atoms with Gasteiger partial charge in [0.15, 0.2) is 0 Å². The lowest BCUT2D eigenvalue weighted by Crippen LogP contribution is -2.32. The van der Waals surface area contributed by atoms with Gasteiger partial charge in [0.1, 0.15) is 16.5 Å². The van der Waals surface area contributed by atoms with Gasteiger partial charge in [0, 0.05) is 28.9 Å². The minimum absolute atomic E-state index is 0.157. The van der Waals surface area contributed by atoms with Gasteiger partial charge in [-0.05, 0) is 56.4 Å². The molecule has 4 rings (SSSR count). The molecule has 0 saturated heterocycles. The summed E-state index contributed by atoms with van der Waals surface area (Å²) in [4.78, 5) is 14.3. The van der Waals surface area contributed by atoms with Crippen LogP contribution < -0.4 is 20.1 Å². The highest BCUT2D eigenvalue weighted by Gasteiger charge is 2.26. The Bertz CT molecular complexity index is 1080. The van der Waals surface area contributed by atoms with Crippen LogP contribution in [0, 0.1) is 0 Å². The molecule has 0 fully saturated rings. The van der Waals surface area contributed by atoms with Crippen molar-refractivity contribution in [1.29, 1.82) is 0 Å². The minimum Gasteiger partial charge on any atom is -0.495 e. The summed E-state index contributed by atoms with van der Waals surface area (Å²) in [5, 5.41) is 7.53. The molecule has 1 aromatic carbocycles. The van der Waals surface area contributed by atoms with E-state index in [9.17, 15) is 4.79 Å². The predicted molar refractivity (Wildman–Crippen MR) is 125 cm³/mol. The SMILES string of the molecule is COc1cc(OC)c(NC(=O)N[C@H](C)c2c(-n3cccc3)sc3c2CCCC3)cc1Cl. The smallest absolute Gasteiger partial charge is 0.319 e. The Morgan fingerprint density at radius 3 is 2.55 bits per heavy atom. The van der Waals surface area contributed by atoms with Crippen LogP contribution in [-0.2, 0) is 12.8 Å². The van der Waals surface area contributed by atoms with E-state index >= 15 is 0 Å². The van der Waals surface area contributed by atoms with E-state index in [1.165, 1.54) is 48.1 Å². The third-order valence-corrected chi connectivity index (χ3v) is 7.15. The Balaban J connectivity index is 1.58. The van der Waals surface area contributed by atoms with Gasteiger partial charge in [-0.2, -0.15) is 0 Å². The number of halogens is 1. The fourth-order valence-corrected chi connectivity index (χ4v) is 5.76. The number of carbonyl (C=O) groups excluding carboxylic acids is 1. The molecule has 3 aromatic rings. The van der Waals surface area contributed by atoms with E-state index in [2.05, 4.69) is 27.6 Å². The zero-order valence-electron chi connectivity index (χ0n) is 17.8. The lowest BCUT2D eigenvalue weighted by Gasteiger charge is -2.20. The van der Waals surface area contributed by atoms with Crippen LogP contribution in [0.3, 0.4) is 0 Å². The number of carbonyl (C=O) groups is 1. The molecule has 8 heteroatoms. The maximum absolute atomic E-state index is 12.9. The number of aryl methyl sites for hydroxylation is 1. The van der Waals surface area contributed by atoms with Crippen molar-refractivity contribution in [2.45, 2.75) is 38.6 Å². The Morgan fingerprint density at radius 2 is 1.84 bits per heavy atom. The van der Waals surface area contributed by atoms with Crippen LogP contribution in [0.1, 0.15) is 41.8 Å². The standard InChI is InChI=1S/C23H26ClN3O3S/c1-14(25-23(28)26-17-12-16(24)18(29-2)13-19(17)30-3)21-15-8-4-5-9-20(15)31-22(21)27-10-6-7-11-27/h6-7,10-14H,4-5,8-9H2,1-3H3,(H2,25,26,28)/t14-/m1/s1. The predicted octanol–water partition coefficient (Wildman–Crippen LogP) is 5.97. The molecule has 6 nitrogen and oxygen atoms in total. The van der Waals surface area contributed by atoms with Crippen LogP contribution in [0.25, 0.3) is 5.00 Å². The van der Waals surface area contributed by atoms with Crippen LogP contribution in [0.15, 0.2) is 36.7 Å². The maximum Gasteiger partial charge on any atom is 0.319 e. The number of nitrogens with one attached hydrogen (secondary N) is 2. The van der Waals surface area contributed by atoms with Gasteiger partial charge in [-0.3, -0.25) is 0 Å². The maximum atomic E-state index is 12.9. The molecule has 2 N–H and O–H groups in total. The monoisotopic (exact) mass is 459 g/mol. The van der Waals surface area contributed by atoms with E-state index in [4.69, 9.17) is 21.1 Å². The Kier molecular flexibility index (Phi) is 6.43. The Morgan fingerprint density at radius 1 is 1.13 bits per heavy atom. The molecule has 1 aliphatic carbocycles. The lowest BCUT2D eigenvalue weighted by atomic mass is 9.93. The summed E-state index contributed by atoms with van der Waals surface area (Å²) in [6, 6.07) is 6.85. The molecule has 2 heterocycles. The van der Waals surface area contributed by atoms with Gasteiger partial charge in [-0.25, -0.2) is 4.79 Å². The van der Waals surface area contributed by atoms with E-state index in [1.807, 2.05) is 30.4 Å². The third-order valence-electron chi connectivity index (χ3n) is 5.53. The van der Waals surface area contributed by atoms with Crippen molar-refractivity contribution in [3.63, 3.8) is 0 Å². The first-order valence-corrected chi connectivity index (χ1v) is 11.5. The topological polar surface area (TPSA) is 64.5 Å². The number of hydrogen-bond donors (Lipinski definition) is 2. The van der Waals surface area contributed by atoms with Crippen LogP contribution in [0.5, 0.6) is 11.5 Å². The quantitative estimate of drug-likeness (QED) is 0.477. The zero-order valence-corrected chi connectivity index (χ0v) is 19.4. The number of anilines is 1. The van der Waals surface area contributed by atoms with E-state index in [1.54, 1.807) is 12.1 Å². The number of amides is 2. The van der Waals surface area contributed by atoms with Crippen molar-refractivity contribution >= 4 is 34.7 Å². The first-order valence-electron chi connectivity index (χ1n) is 10.3. The van der Waals surface area contributed by atoms with Gasteiger partial charge in [-0.15, -0.1) is 11.3 Å². The number of fused-ring (bicyclic) bond motifs is 1. The van der Waals surface area contributed by atoms with Gasteiger partial charge in [0.25, 0.3) is 0 Å². The molecular formula is C23H26ClN3O3S. The first-order chi connectivity index (χ1) is 15.0. The highest BCUT2D eigenvalue weighted by Crippen LogP contribution is 2.40. The third kappa shape index (κ3) is 4.38. The number of benzene rings is 1. The molecule has 31 heavy (non-hydrogen) atoms. The Hall–Kier alpha value is -2.64. The number of ether oxygens (including phenoxy) is 2. The summed E-state index contributed by atoms with van der Waals surface area (Å²) in [5.41, 5.74) is 3.07. The number of thiophene rings is 1. The molecular weight excluding hydrogens is 434 g/mol. The lowest BCUT2D eigenvalue weighted by molar-refractivity contribution is 0.249. The zero-order chi connectivity index (χ0) is 22.0. The molecule has 0 aliphatic heterocycles. The first kappa shape index (κ1) is 21.6. The normalized spacial score (nSPS) is 13.9. The second-order valence-electron chi connectivity index (χ2n) is 7.53. The van der Waals surface area contributed by atoms with Gasteiger partial charge >= 0.3 is 6.03 Å². The van der Waals surface area contributed by atoms with E-state index in [0.29, 0.717) is 22.2 Å². The average molecular weight is 460 g/mol. The fourth-order valence-electron chi connectivity index (χ4n) is 4.07. The van der Waals surface area contributed by atoms with E-state index < -0.39 is 0 Å². The molecule has 0 radical (unpaired) electrons. The van der Waals surface area contributed by atoms with Gasteiger partial charge in [0.05, 0.1) is 31.0 Å². The summed E-state index contributed by atoms with van der Waals surface area (Å²) in [5.74, 6) is 0.962. The van der Waals surface area contributed by atoms with Crippen molar-refractivity contribution in [3.05, 3.63) is 57.7 Å². The van der Waals surface area contributed by atoms with Gasteiger partial charge in [0.2, 0.25) is 0 Å². The highest BCUT2D eigenvalue weighted by molar-refractivity contribution is 7.15. The Labute approximate surface area is 191 Å². The number of methoxy groups -OCH3 is 2. The second kappa shape index (κ2) is 9.24. The van der Waals surface area contributed by atoms with Crippen molar-refractivity contribution in [3.8, 4) is 16.5 Å². The largest absolute Gasteiger partial charge is 0.495 e. The van der Waals surface area contributed by atoms with Crippen molar-refractivity contribution in [2.75, 3.05) is 19.5 Å². The van der Waals surface area contributed by atoms with E-state index in [0.717, 1.165) is 12.8 Å². The molecule has 1 atom stereocenters. The van der Waals surface area contributed by atoms with Crippen LogP contribution in [0.2, 0.25) is 5.02 Å². The van der Waals surface area contributed by atoms with Gasteiger partial charge < -0.3 is 24.7 Å². The number of urea groups is 1. The van der Waals surface area contributed by atoms with Gasteiger partial charge in [-0.1, -0.05) is 11.6 Å². The molecule has 0 unspecified atom stereocenters. The van der Waals surface area contributed by atoms with Crippen LogP contribution >= 0.6 is 22.9 Å². The molecule has 0 spiro atoms. The van der Waals surface area contributed by atoms with Crippen molar-refractivity contribution < 1.29 is 14.3 Å². The fraction of sp³-hybridized carbons (Fsp3) is 0.348. The highest BCUT2D eigenvalue weighted by atomic mass is 35.5. The number of rotatable bonds is 6. The van der Waals surface area contributed by atoms with Crippen LogP contribution in [0.4, 0.5) is 10.5 Å². The molecule has 0 bridgehead atoms. The summed E-state index contributed by atoms with van der Waals surface area (Å²) in [6.07, 6.45) is 8.67. The molecule has 2 amide bonds. The molecule has 0 saturated carbocycles. The van der Waals surface area contributed by atoms with Crippen molar-refractivity contribution in [1.82, 2.24) is 9.88 Å². The number of hydrogen-bond acceptors (Lipinski definition) is 4. The molecule has 1 aliphatic rings. The second-order valence-corrected chi connectivity index (χ2v) is 9.02. The number of aromatic nitrogens is 1. The minimum atomic E-state index is -0.318. The average Bonchev–Trinajstić information content (AvgIpc) is 3.41. The summed E-state index contributed by atoms with van der Waals surface area (Å²) in [7, 11) is 3.07. The number of nitrogens with zero attached hydrogens (tertiary/aromatic N) is 1. The summed E-state index contributed by atoms with van der Waals surface area (Å²) < 4.78 is 12.7. The van der Waals surface area contributed by atoms with Crippen molar-refractivity contribution in [2.24, 2.45) is 0 Å². The van der Waals surface area contributed by atoms with E-state index in [-0.39, 0.29) is 12.1 Å². The van der Waals surface area contributed by atoms with Crippen LogP contribution in [-0.4, -0.2) is 24.8 Å². The summed E-state index contributed by atoms with van der Waals surface area (Å²) in [6.45, 7) is 2.03. The molecule has 2 aromatic heterocycles.